The molecule has 1 heterocycles. The summed E-state index contributed by atoms with van der Waals surface area (Å²) >= 11 is 3.51. The van der Waals surface area contributed by atoms with Gasteiger partial charge in [0.1, 0.15) is 18.8 Å². The van der Waals surface area contributed by atoms with Gasteiger partial charge in [-0.2, -0.15) is 0 Å². The van der Waals surface area contributed by atoms with Crippen molar-refractivity contribution in [2.24, 2.45) is 0 Å². The minimum Gasteiger partial charge on any atom is -0.493 e. The van der Waals surface area contributed by atoms with Crippen molar-refractivity contribution in [1.82, 2.24) is 9.97 Å². The zero-order valence-corrected chi connectivity index (χ0v) is 17.1. The van der Waals surface area contributed by atoms with Crippen LogP contribution in [0.4, 0.5) is 5.82 Å². The predicted octanol–water partition coefficient (Wildman–Crippen LogP) is 4.60. The third kappa shape index (κ3) is 4.67. The van der Waals surface area contributed by atoms with Gasteiger partial charge in [-0.25, -0.2) is 9.97 Å². The molecule has 0 aliphatic carbocycles. The molecule has 0 aliphatic heterocycles. The highest BCUT2D eigenvalue weighted by Crippen LogP contribution is 2.32. The van der Waals surface area contributed by atoms with E-state index in [-0.39, 0.29) is 6.04 Å². The lowest BCUT2D eigenvalue weighted by Gasteiger charge is -2.18. The Balaban J connectivity index is 1.82. The van der Waals surface area contributed by atoms with Gasteiger partial charge in [0.15, 0.2) is 11.5 Å². The summed E-state index contributed by atoms with van der Waals surface area (Å²) in [6.45, 7) is 3.08. The van der Waals surface area contributed by atoms with E-state index in [0.29, 0.717) is 24.7 Å². The number of nitrogens with zero attached hydrogens (tertiary/aromatic N) is 2. The van der Waals surface area contributed by atoms with Crippen LogP contribution in [0, 0.1) is 0 Å². The molecule has 0 fully saturated rings. The first-order chi connectivity index (χ1) is 13.1. The zero-order valence-electron chi connectivity index (χ0n) is 15.5. The topological polar surface area (TPSA) is 65.5 Å². The maximum Gasteiger partial charge on any atom is 0.161 e. The molecule has 0 bridgehead atoms. The Morgan fingerprint density at radius 2 is 1.89 bits per heavy atom. The van der Waals surface area contributed by atoms with Crippen molar-refractivity contribution in [3.63, 3.8) is 0 Å². The van der Waals surface area contributed by atoms with Gasteiger partial charge in [0, 0.05) is 17.0 Å². The summed E-state index contributed by atoms with van der Waals surface area (Å²) in [6.07, 6.45) is 1.57. The molecule has 1 unspecified atom stereocenters. The average Bonchev–Trinajstić information content (AvgIpc) is 2.68. The van der Waals surface area contributed by atoms with Crippen LogP contribution in [0.2, 0.25) is 0 Å². The molecule has 1 N–H and O–H groups in total. The molecule has 3 rings (SSSR count). The van der Waals surface area contributed by atoms with Gasteiger partial charge >= 0.3 is 0 Å². The monoisotopic (exact) mass is 431 g/mol. The van der Waals surface area contributed by atoms with Gasteiger partial charge in [-0.1, -0.05) is 22.0 Å². The number of anilines is 1. The van der Waals surface area contributed by atoms with Crippen LogP contribution in [0.3, 0.4) is 0 Å². The minimum atomic E-state index is 0.0176. The van der Waals surface area contributed by atoms with Crippen LogP contribution in [-0.4, -0.2) is 37.4 Å². The van der Waals surface area contributed by atoms with E-state index < -0.39 is 0 Å². The van der Waals surface area contributed by atoms with Crippen molar-refractivity contribution in [1.29, 1.82) is 0 Å². The molecule has 0 spiro atoms. The van der Waals surface area contributed by atoms with Crippen molar-refractivity contribution < 1.29 is 14.2 Å². The largest absolute Gasteiger partial charge is 0.493 e. The number of methoxy groups -OCH3 is 2. The van der Waals surface area contributed by atoms with Crippen LogP contribution in [-0.2, 0) is 4.74 Å². The van der Waals surface area contributed by atoms with E-state index in [4.69, 9.17) is 14.2 Å². The first-order valence-corrected chi connectivity index (χ1v) is 9.38. The molecule has 0 aliphatic rings. The first-order valence-electron chi connectivity index (χ1n) is 8.59. The number of hydrogen-bond acceptors (Lipinski definition) is 6. The van der Waals surface area contributed by atoms with Crippen LogP contribution in [0.25, 0.3) is 10.9 Å². The number of aromatic nitrogens is 2. The van der Waals surface area contributed by atoms with Crippen molar-refractivity contribution in [3.8, 4) is 11.5 Å². The maximum atomic E-state index is 5.70. The minimum absolute atomic E-state index is 0.0176. The molecule has 3 aromatic rings. The first kappa shape index (κ1) is 19.4. The van der Waals surface area contributed by atoms with Crippen molar-refractivity contribution >= 4 is 32.7 Å². The van der Waals surface area contributed by atoms with Gasteiger partial charge in [0.2, 0.25) is 0 Å². The van der Waals surface area contributed by atoms with Gasteiger partial charge in [0.05, 0.1) is 25.3 Å². The summed E-state index contributed by atoms with van der Waals surface area (Å²) in [6, 6.07) is 11.9. The molecule has 6 nitrogen and oxygen atoms in total. The zero-order chi connectivity index (χ0) is 19.2. The molecule has 7 heteroatoms. The van der Waals surface area contributed by atoms with Gasteiger partial charge in [-0.15, -0.1) is 0 Å². The van der Waals surface area contributed by atoms with Crippen molar-refractivity contribution in [2.45, 2.75) is 13.0 Å². The van der Waals surface area contributed by atoms with Gasteiger partial charge in [-0.05, 0) is 42.8 Å². The van der Waals surface area contributed by atoms with E-state index >= 15 is 0 Å². The Labute approximate surface area is 167 Å². The van der Waals surface area contributed by atoms with Crippen LogP contribution < -0.4 is 14.8 Å². The Morgan fingerprint density at radius 3 is 2.67 bits per heavy atom. The molecule has 0 radical (unpaired) electrons. The second-order valence-electron chi connectivity index (χ2n) is 6.00. The molecule has 0 saturated heterocycles. The summed E-state index contributed by atoms with van der Waals surface area (Å²) in [5.74, 6) is 2.17. The van der Waals surface area contributed by atoms with Gasteiger partial charge in [-0.3, -0.25) is 0 Å². The quantitative estimate of drug-likeness (QED) is 0.525. The van der Waals surface area contributed by atoms with Crippen LogP contribution >= 0.6 is 15.9 Å². The molecule has 142 valence electrons. The van der Waals surface area contributed by atoms with Gasteiger partial charge in [0.25, 0.3) is 0 Å². The highest BCUT2D eigenvalue weighted by atomic mass is 79.9. The molecule has 0 amide bonds. The Morgan fingerprint density at radius 1 is 1.04 bits per heavy atom. The molecule has 1 aromatic heterocycles. The summed E-state index contributed by atoms with van der Waals surface area (Å²) in [5, 5.41) is 4.43. The maximum absolute atomic E-state index is 5.70. The van der Waals surface area contributed by atoms with Gasteiger partial charge < -0.3 is 19.5 Å². The third-order valence-electron chi connectivity index (χ3n) is 4.18. The second kappa shape index (κ2) is 9.01. The molecule has 1 atom stereocenters. The van der Waals surface area contributed by atoms with E-state index in [1.807, 2.05) is 36.4 Å². The van der Waals surface area contributed by atoms with E-state index in [1.165, 1.54) is 0 Å². The lowest BCUT2D eigenvalue weighted by atomic mass is 10.1. The van der Waals surface area contributed by atoms with Crippen LogP contribution in [0.1, 0.15) is 18.5 Å². The van der Waals surface area contributed by atoms with E-state index in [1.54, 1.807) is 20.5 Å². The number of rotatable bonds is 8. The lowest BCUT2D eigenvalue weighted by Crippen LogP contribution is -2.10. The number of fused-ring (bicyclic) bond motifs is 1. The molecular weight excluding hydrogens is 410 g/mol. The molecule has 0 saturated carbocycles. The SMILES string of the molecule is COCCOc1ccc(C(C)Nc2ncnc3ccc(Br)cc23)cc1OC. The van der Waals surface area contributed by atoms with E-state index in [0.717, 1.165) is 26.8 Å². The third-order valence-corrected chi connectivity index (χ3v) is 4.68. The Kier molecular flexibility index (Phi) is 6.47. The molecule has 2 aromatic carbocycles. The number of nitrogens with one attached hydrogen (secondary N) is 1. The fourth-order valence-corrected chi connectivity index (χ4v) is 3.10. The smallest absolute Gasteiger partial charge is 0.161 e. The molecular formula is C20H22BrN3O3. The average molecular weight is 432 g/mol. The lowest BCUT2D eigenvalue weighted by molar-refractivity contribution is 0.144. The van der Waals surface area contributed by atoms with E-state index in [9.17, 15) is 0 Å². The Hall–Kier alpha value is -2.38. The van der Waals surface area contributed by atoms with Crippen LogP contribution in [0.5, 0.6) is 11.5 Å². The second-order valence-corrected chi connectivity index (χ2v) is 6.92. The summed E-state index contributed by atoms with van der Waals surface area (Å²) in [4.78, 5) is 8.73. The fraction of sp³-hybridized carbons (Fsp3) is 0.300. The Bertz CT molecular complexity index is 920. The number of hydrogen-bond donors (Lipinski definition) is 1. The fourth-order valence-electron chi connectivity index (χ4n) is 2.74. The highest BCUT2D eigenvalue weighted by Gasteiger charge is 2.13. The summed E-state index contributed by atoms with van der Waals surface area (Å²) < 4.78 is 17.2. The van der Waals surface area contributed by atoms with E-state index in [2.05, 4.69) is 38.1 Å². The number of benzene rings is 2. The van der Waals surface area contributed by atoms with Crippen LogP contribution in [0.15, 0.2) is 47.2 Å². The predicted molar refractivity (Wildman–Crippen MR) is 110 cm³/mol. The number of ether oxygens (including phenoxy) is 3. The highest BCUT2D eigenvalue weighted by molar-refractivity contribution is 9.10. The number of halogens is 1. The van der Waals surface area contributed by atoms with Crippen molar-refractivity contribution in [2.75, 3.05) is 32.8 Å². The standard InChI is InChI=1S/C20H22BrN3O3/c1-13(14-4-7-18(19(10-14)26-3)27-9-8-25-2)24-20-16-11-15(21)5-6-17(16)22-12-23-20/h4-7,10-13H,8-9H2,1-3H3,(H,22,23,24). The normalized spacial score (nSPS) is 12.0. The summed E-state index contributed by atoms with van der Waals surface area (Å²) in [5.41, 5.74) is 1.95. The van der Waals surface area contributed by atoms with Crippen molar-refractivity contribution in [3.05, 3.63) is 52.8 Å². The summed E-state index contributed by atoms with van der Waals surface area (Å²) in [7, 11) is 3.28. The molecule has 27 heavy (non-hydrogen) atoms.